The predicted molar refractivity (Wildman–Crippen MR) is 47.4 cm³/mol. The van der Waals surface area contributed by atoms with E-state index in [0.29, 0.717) is 5.38 Å². The van der Waals surface area contributed by atoms with Crippen LogP contribution in [0.4, 0.5) is 0 Å². The number of hydrogen-bond acceptors (Lipinski definition) is 0. The summed E-state index contributed by atoms with van der Waals surface area (Å²) >= 11 is 6.18. The summed E-state index contributed by atoms with van der Waals surface area (Å²) in [5.41, 5.74) is 0. The molecular weight excluding hydrogens is 142 g/mol. The van der Waals surface area contributed by atoms with Gasteiger partial charge < -0.3 is 0 Å². The number of fused-ring (bicyclic) bond motifs is 2. The average molecular weight is 156 g/mol. The first-order valence-electron chi connectivity index (χ1n) is 4.50. The second-order valence-corrected chi connectivity index (χ2v) is 4.45. The van der Waals surface area contributed by atoms with E-state index < -0.39 is 0 Å². The zero-order chi connectivity index (χ0) is 6.97. The molecule has 10 heavy (non-hydrogen) atoms. The third-order valence-corrected chi connectivity index (χ3v) is 3.76. The summed E-state index contributed by atoms with van der Waals surface area (Å²) in [5, 5.41) is 0.525. The first-order valence-corrected chi connectivity index (χ1v) is 4.94. The van der Waals surface area contributed by atoms with E-state index in [9.17, 15) is 0 Å². The van der Waals surface area contributed by atoms with Gasteiger partial charge in [0.1, 0.15) is 7.28 Å². The second kappa shape index (κ2) is 2.77. The summed E-state index contributed by atoms with van der Waals surface area (Å²) in [7, 11) is 1.44. The predicted octanol–water partition coefficient (Wildman–Crippen LogP) is 2.59. The molecule has 3 unspecified atom stereocenters. The van der Waals surface area contributed by atoms with Crippen LogP contribution < -0.4 is 0 Å². The van der Waals surface area contributed by atoms with Crippen molar-refractivity contribution in [1.29, 1.82) is 0 Å². The molecule has 0 radical (unpaired) electrons. The van der Waals surface area contributed by atoms with Gasteiger partial charge in [-0.25, -0.2) is 0 Å². The van der Waals surface area contributed by atoms with E-state index in [4.69, 9.17) is 11.6 Å². The molecule has 0 spiro atoms. The van der Waals surface area contributed by atoms with Crippen LogP contribution in [0.3, 0.4) is 0 Å². The highest BCUT2D eigenvalue weighted by Crippen LogP contribution is 2.43. The Hall–Kier alpha value is 0.355. The maximum Gasteiger partial charge on any atom is 0.129 e. The zero-order valence-corrected chi connectivity index (χ0v) is 7.11. The van der Waals surface area contributed by atoms with Crippen molar-refractivity contribution >= 4 is 18.9 Å². The normalized spacial score (nSPS) is 46.3. The van der Waals surface area contributed by atoms with Crippen molar-refractivity contribution < 1.29 is 0 Å². The molecule has 2 saturated heterocycles. The van der Waals surface area contributed by atoms with Crippen LogP contribution in [0.5, 0.6) is 0 Å². The fourth-order valence-corrected chi connectivity index (χ4v) is 2.91. The molecule has 2 fully saturated rings. The fraction of sp³-hybridized carbons (Fsp3) is 1.00. The van der Waals surface area contributed by atoms with E-state index in [1.807, 2.05) is 0 Å². The standard InChI is InChI=1S/C8H14BCl/c10-8-5-4-6-2-1-3-7(8)9-6/h6-9H,1-5H2. The molecule has 0 aromatic carbocycles. The van der Waals surface area contributed by atoms with E-state index in [1.165, 1.54) is 39.4 Å². The molecule has 0 saturated carbocycles. The number of alkyl halides is 1. The Balaban J connectivity index is 2.00. The van der Waals surface area contributed by atoms with Gasteiger partial charge >= 0.3 is 0 Å². The van der Waals surface area contributed by atoms with Crippen LogP contribution in [0.25, 0.3) is 0 Å². The van der Waals surface area contributed by atoms with Crippen molar-refractivity contribution in [2.45, 2.75) is 49.1 Å². The quantitative estimate of drug-likeness (QED) is 0.374. The van der Waals surface area contributed by atoms with Gasteiger partial charge in [0.05, 0.1) is 0 Å². The van der Waals surface area contributed by atoms with Crippen molar-refractivity contribution in [2.75, 3.05) is 0 Å². The van der Waals surface area contributed by atoms with Gasteiger partial charge in [0.15, 0.2) is 0 Å². The summed E-state index contributed by atoms with van der Waals surface area (Å²) in [4.78, 5) is 0. The third kappa shape index (κ3) is 1.21. The summed E-state index contributed by atoms with van der Waals surface area (Å²) in [6, 6.07) is 0. The summed E-state index contributed by atoms with van der Waals surface area (Å²) in [6.45, 7) is 0. The molecule has 2 rings (SSSR count). The molecule has 2 aliphatic rings. The van der Waals surface area contributed by atoms with E-state index in [1.54, 1.807) is 0 Å². The minimum atomic E-state index is 0.525. The van der Waals surface area contributed by atoms with Gasteiger partial charge in [-0.3, -0.25) is 0 Å². The molecule has 2 heterocycles. The molecule has 0 aromatic rings. The maximum absolute atomic E-state index is 6.18. The molecule has 0 nitrogen and oxygen atoms in total. The first kappa shape index (κ1) is 7.03. The lowest BCUT2D eigenvalue weighted by atomic mass is 9.44. The highest BCUT2D eigenvalue weighted by molar-refractivity contribution is 6.43. The lowest BCUT2D eigenvalue weighted by Gasteiger charge is -2.36. The van der Waals surface area contributed by atoms with Gasteiger partial charge in [0.25, 0.3) is 0 Å². The molecule has 0 aliphatic carbocycles. The van der Waals surface area contributed by atoms with E-state index in [-0.39, 0.29) is 0 Å². The molecule has 56 valence electrons. The van der Waals surface area contributed by atoms with Gasteiger partial charge in [-0.15, -0.1) is 11.6 Å². The molecule has 0 aromatic heterocycles. The van der Waals surface area contributed by atoms with Crippen molar-refractivity contribution in [3.8, 4) is 0 Å². The van der Waals surface area contributed by atoms with Gasteiger partial charge in [0, 0.05) is 5.38 Å². The Morgan fingerprint density at radius 2 is 2.00 bits per heavy atom. The number of halogens is 1. The lowest BCUT2D eigenvalue weighted by Crippen LogP contribution is -2.29. The third-order valence-electron chi connectivity index (χ3n) is 3.19. The van der Waals surface area contributed by atoms with Crippen LogP contribution in [-0.4, -0.2) is 12.7 Å². The highest BCUT2D eigenvalue weighted by atomic mass is 35.5. The Morgan fingerprint density at radius 1 is 1.10 bits per heavy atom. The van der Waals surface area contributed by atoms with Crippen LogP contribution >= 0.6 is 11.6 Å². The Labute approximate surface area is 68.6 Å². The van der Waals surface area contributed by atoms with E-state index in [0.717, 1.165) is 11.6 Å². The SMILES string of the molecule is ClC1CCC2BC1CCC2. The smallest absolute Gasteiger partial charge is 0.123 e. The summed E-state index contributed by atoms with van der Waals surface area (Å²) < 4.78 is 0. The summed E-state index contributed by atoms with van der Waals surface area (Å²) in [6.07, 6.45) is 7.03. The number of rotatable bonds is 0. The fourth-order valence-electron chi connectivity index (χ4n) is 2.55. The summed E-state index contributed by atoms with van der Waals surface area (Å²) in [5.74, 6) is 1.93. The van der Waals surface area contributed by atoms with Crippen LogP contribution in [0.2, 0.25) is 11.6 Å². The van der Waals surface area contributed by atoms with Crippen molar-refractivity contribution in [3.05, 3.63) is 0 Å². The largest absolute Gasteiger partial charge is 0.129 e. The molecule has 3 atom stereocenters. The van der Waals surface area contributed by atoms with Gasteiger partial charge in [-0.1, -0.05) is 31.5 Å². The Bertz CT molecular complexity index is 124. The van der Waals surface area contributed by atoms with Gasteiger partial charge in [0.2, 0.25) is 0 Å². The van der Waals surface area contributed by atoms with Crippen LogP contribution in [-0.2, 0) is 0 Å². The molecule has 2 bridgehead atoms. The minimum Gasteiger partial charge on any atom is -0.123 e. The monoisotopic (exact) mass is 156 g/mol. The van der Waals surface area contributed by atoms with E-state index >= 15 is 0 Å². The average Bonchev–Trinajstić information content (AvgIpc) is 1.99. The van der Waals surface area contributed by atoms with E-state index in [2.05, 4.69) is 0 Å². The second-order valence-electron chi connectivity index (χ2n) is 3.89. The molecule has 2 aliphatic heterocycles. The van der Waals surface area contributed by atoms with Crippen LogP contribution in [0.15, 0.2) is 0 Å². The maximum atomic E-state index is 6.18. The van der Waals surface area contributed by atoms with Crippen molar-refractivity contribution in [2.24, 2.45) is 0 Å². The zero-order valence-electron chi connectivity index (χ0n) is 6.35. The Morgan fingerprint density at radius 3 is 2.80 bits per heavy atom. The minimum absolute atomic E-state index is 0.525. The Kier molecular flexibility index (Phi) is 1.95. The highest BCUT2D eigenvalue weighted by Gasteiger charge is 2.32. The first-order chi connectivity index (χ1) is 4.86. The topological polar surface area (TPSA) is 0 Å². The van der Waals surface area contributed by atoms with Gasteiger partial charge in [-0.05, 0) is 12.2 Å². The number of hydrogen-bond donors (Lipinski definition) is 0. The van der Waals surface area contributed by atoms with Crippen LogP contribution in [0, 0.1) is 0 Å². The molecular formula is C8H14BCl. The van der Waals surface area contributed by atoms with Crippen molar-refractivity contribution in [1.82, 2.24) is 0 Å². The van der Waals surface area contributed by atoms with Crippen molar-refractivity contribution in [3.63, 3.8) is 0 Å². The molecule has 0 amide bonds. The molecule has 2 heteroatoms. The van der Waals surface area contributed by atoms with Crippen LogP contribution in [0.1, 0.15) is 32.1 Å². The molecule has 0 N–H and O–H groups in total. The lowest BCUT2D eigenvalue weighted by molar-refractivity contribution is 0.459. The van der Waals surface area contributed by atoms with Gasteiger partial charge in [-0.2, -0.15) is 0 Å².